The minimum absolute atomic E-state index is 0.245. The van der Waals surface area contributed by atoms with Crippen LogP contribution in [0.1, 0.15) is 12.5 Å². The maximum atomic E-state index is 12.3. The summed E-state index contributed by atoms with van der Waals surface area (Å²) in [5.74, 6) is 0.228. The van der Waals surface area contributed by atoms with Crippen LogP contribution in [0.5, 0.6) is 5.75 Å². The first-order chi connectivity index (χ1) is 9.49. The Labute approximate surface area is 125 Å². The van der Waals surface area contributed by atoms with E-state index in [2.05, 4.69) is 16.8 Å². The first-order valence-electron chi connectivity index (χ1n) is 6.88. The van der Waals surface area contributed by atoms with E-state index in [1.807, 2.05) is 26.0 Å². The fraction of sp³-hybridized carbons (Fsp3) is 0.533. The van der Waals surface area contributed by atoms with Crippen molar-refractivity contribution in [1.29, 1.82) is 0 Å². The monoisotopic (exact) mass is 296 g/mol. The standard InChI is InChI=1S/C15H21ClN2O2/c1-11-5-4-6-13(16)14(11)20-15(19)12(2)18-9-7-17(3)8-10-18/h4-6,12H,7-10H2,1-3H3. The molecule has 2 rings (SSSR count). The highest BCUT2D eigenvalue weighted by Crippen LogP contribution is 2.28. The molecule has 1 aromatic carbocycles. The fourth-order valence-electron chi connectivity index (χ4n) is 2.29. The van der Waals surface area contributed by atoms with E-state index < -0.39 is 0 Å². The van der Waals surface area contributed by atoms with Gasteiger partial charge in [-0.3, -0.25) is 4.90 Å². The van der Waals surface area contributed by atoms with Gasteiger partial charge in [0.05, 0.1) is 5.02 Å². The number of ether oxygens (including phenoxy) is 1. The zero-order valence-electron chi connectivity index (χ0n) is 12.2. The molecule has 4 nitrogen and oxygen atoms in total. The highest BCUT2D eigenvalue weighted by Gasteiger charge is 2.26. The minimum Gasteiger partial charge on any atom is -0.423 e. The maximum Gasteiger partial charge on any atom is 0.328 e. The minimum atomic E-state index is -0.251. The molecule has 1 fully saturated rings. The number of carbonyl (C=O) groups is 1. The van der Waals surface area contributed by atoms with E-state index in [1.54, 1.807) is 6.07 Å². The van der Waals surface area contributed by atoms with Crippen molar-refractivity contribution in [2.24, 2.45) is 0 Å². The number of nitrogens with zero attached hydrogens (tertiary/aromatic N) is 2. The average Bonchev–Trinajstić information content (AvgIpc) is 2.43. The summed E-state index contributed by atoms with van der Waals surface area (Å²) in [4.78, 5) is 16.7. The van der Waals surface area contributed by atoms with Crippen molar-refractivity contribution in [3.63, 3.8) is 0 Å². The van der Waals surface area contributed by atoms with Crippen LogP contribution in [-0.4, -0.2) is 55.0 Å². The summed E-state index contributed by atoms with van der Waals surface area (Å²) < 4.78 is 5.49. The summed E-state index contributed by atoms with van der Waals surface area (Å²) in [6, 6.07) is 5.21. The summed E-state index contributed by atoms with van der Waals surface area (Å²) in [7, 11) is 2.09. The molecule has 1 saturated heterocycles. The SMILES string of the molecule is Cc1cccc(Cl)c1OC(=O)C(C)N1CCN(C)CC1. The van der Waals surface area contributed by atoms with Crippen LogP contribution in [0.2, 0.25) is 5.02 Å². The van der Waals surface area contributed by atoms with E-state index in [0.717, 1.165) is 31.7 Å². The Kier molecular flexibility index (Phi) is 5.02. The molecule has 1 atom stereocenters. The van der Waals surface area contributed by atoms with Crippen LogP contribution in [0, 0.1) is 6.92 Å². The molecule has 0 spiro atoms. The molecule has 0 aliphatic carbocycles. The quantitative estimate of drug-likeness (QED) is 0.632. The molecule has 1 aliphatic rings. The number of esters is 1. The summed E-state index contributed by atoms with van der Waals surface area (Å²) in [5, 5.41) is 0.476. The number of carbonyl (C=O) groups excluding carboxylic acids is 1. The van der Waals surface area contributed by atoms with Gasteiger partial charge in [-0.2, -0.15) is 0 Å². The first-order valence-corrected chi connectivity index (χ1v) is 7.26. The third kappa shape index (κ3) is 3.51. The van der Waals surface area contributed by atoms with Crippen molar-refractivity contribution in [3.05, 3.63) is 28.8 Å². The number of para-hydroxylation sites is 1. The molecule has 1 aromatic rings. The second-order valence-corrected chi connectivity index (χ2v) is 5.73. The molecule has 0 radical (unpaired) electrons. The van der Waals surface area contributed by atoms with Crippen LogP contribution in [0.4, 0.5) is 0 Å². The van der Waals surface area contributed by atoms with Gasteiger partial charge in [0.25, 0.3) is 0 Å². The van der Waals surface area contributed by atoms with Gasteiger partial charge in [0.2, 0.25) is 0 Å². The molecular weight excluding hydrogens is 276 g/mol. The van der Waals surface area contributed by atoms with Crippen LogP contribution in [0.3, 0.4) is 0 Å². The molecule has 1 heterocycles. The predicted molar refractivity (Wildman–Crippen MR) is 80.4 cm³/mol. The number of likely N-dealkylation sites (N-methyl/N-ethyl adjacent to an activating group) is 1. The zero-order chi connectivity index (χ0) is 14.7. The number of hydrogen-bond acceptors (Lipinski definition) is 4. The fourth-order valence-corrected chi connectivity index (χ4v) is 2.55. The molecule has 0 N–H and O–H groups in total. The Morgan fingerprint density at radius 2 is 1.95 bits per heavy atom. The third-order valence-electron chi connectivity index (χ3n) is 3.79. The summed E-state index contributed by atoms with van der Waals surface area (Å²) in [6.07, 6.45) is 0. The van der Waals surface area contributed by atoms with Gasteiger partial charge in [-0.25, -0.2) is 4.79 Å². The summed E-state index contributed by atoms with van der Waals surface area (Å²) >= 11 is 6.09. The Hall–Kier alpha value is -1.10. The maximum absolute atomic E-state index is 12.3. The smallest absolute Gasteiger partial charge is 0.328 e. The number of piperazine rings is 1. The lowest BCUT2D eigenvalue weighted by Crippen LogP contribution is -2.51. The van der Waals surface area contributed by atoms with Crippen molar-refractivity contribution in [2.75, 3.05) is 33.2 Å². The Morgan fingerprint density at radius 1 is 1.30 bits per heavy atom. The number of rotatable bonds is 3. The summed E-state index contributed by atoms with van der Waals surface area (Å²) in [5.41, 5.74) is 0.872. The number of hydrogen-bond donors (Lipinski definition) is 0. The van der Waals surface area contributed by atoms with Crippen LogP contribution < -0.4 is 4.74 Å². The van der Waals surface area contributed by atoms with E-state index >= 15 is 0 Å². The first kappa shape index (κ1) is 15.3. The van der Waals surface area contributed by atoms with E-state index in [0.29, 0.717) is 10.8 Å². The normalized spacial score (nSPS) is 18.8. The van der Waals surface area contributed by atoms with Crippen LogP contribution in [0.25, 0.3) is 0 Å². The van der Waals surface area contributed by atoms with Gasteiger partial charge in [0, 0.05) is 26.2 Å². The van der Waals surface area contributed by atoms with Crippen molar-refractivity contribution in [1.82, 2.24) is 9.80 Å². The molecular formula is C15H21ClN2O2. The highest BCUT2D eigenvalue weighted by molar-refractivity contribution is 6.32. The molecule has 0 saturated carbocycles. The molecule has 0 bridgehead atoms. The van der Waals surface area contributed by atoms with Crippen LogP contribution in [0.15, 0.2) is 18.2 Å². The lowest BCUT2D eigenvalue weighted by Gasteiger charge is -2.35. The predicted octanol–water partition coefficient (Wildman–Crippen LogP) is 2.19. The van der Waals surface area contributed by atoms with Gasteiger partial charge in [0.1, 0.15) is 6.04 Å². The number of benzene rings is 1. The van der Waals surface area contributed by atoms with Crippen molar-refractivity contribution in [3.8, 4) is 5.75 Å². The molecule has 0 amide bonds. The molecule has 1 unspecified atom stereocenters. The Morgan fingerprint density at radius 3 is 2.55 bits per heavy atom. The van der Waals surface area contributed by atoms with Crippen molar-refractivity contribution < 1.29 is 9.53 Å². The third-order valence-corrected chi connectivity index (χ3v) is 4.09. The molecule has 20 heavy (non-hydrogen) atoms. The van der Waals surface area contributed by atoms with Gasteiger partial charge in [-0.05, 0) is 32.5 Å². The summed E-state index contributed by atoms with van der Waals surface area (Å²) in [6.45, 7) is 7.49. The second kappa shape index (κ2) is 6.57. The number of halogens is 1. The van der Waals surface area contributed by atoms with Gasteiger partial charge in [-0.15, -0.1) is 0 Å². The lowest BCUT2D eigenvalue weighted by molar-refractivity contribution is -0.140. The van der Waals surface area contributed by atoms with E-state index in [9.17, 15) is 4.79 Å². The van der Waals surface area contributed by atoms with Crippen molar-refractivity contribution >= 4 is 17.6 Å². The van der Waals surface area contributed by atoms with Crippen molar-refractivity contribution in [2.45, 2.75) is 19.9 Å². The van der Waals surface area contributed by atoms with Crippen LogP contribution >= 0.6 is 11.6 Å². The Balaban J connectivity index is 2.01. The van der Waals surface area contributed by atoms with Gasteiger partial charge in [0.15, 0.2) is 5.75 Å². The topological polar surface area (TPSA) is 32.8 Å². The largest absolute Gasteiger partial charge is 0.423 e. The Bertz CT molecular complexity index is 465. The van der Waals surface area contributed by atoms with E-state index in [4.69, 9.17) is 16.3 Å². The van der Waals surface area contributed by atoms with Gasteiger partial charge >= 0.3 is 5.97 Å². The highest BCUT2D eigenvalue weighted by atomic mass is 35.5. The molecule has 1 aliphatic heterocycles. The van der Waals surface area contributed by atoms with Crippen LogP contribution in [-0.2, 0) is 4.79 Å². The number of aryl methyl sites for hydroxylation is 1. The molecule has 5 heteroatoms. The van der Waals surface area contributed by atoms with Gasteiger partial charge in [-0.1, -0.05) is 23.7 Å². The van der Waals surface area contributed by atoms with Gasteiger partial charge < -0.3 is 9.64 Å². The second-order valence-electron chi connectivity index (χ2n) is 5.32. The van der Waals surface area contributed by atoms with E-state index in [-0.39, 0.29) is 12.0 Å². The molecule has 110 valence electrons. The van der Waals surface area contributed by atoms with E-state index in [1.165, 1.54) is 0 Å². The zero-order valence-corrected chi connectivity index (χ0v) is 13.0. The lowest BCUT2D eigenvalue weighted by atomic mass is 10.2. The molecule has 0 aromatic heterocycles. The average molecular weight is 297 g/mol.